The fourth-order valence-corrected chi connectivity index (χ4v) is 4.07. The Morgan fingerprint density at radius 3 is 2.55 bits per heavy atom. The first-order chi connectivity index (χ1) is 16.1. The Morgan fingerprint density at radius 1 is 1.03 bits per heavy atom. The topological polar surface area (TPSA) is 53.3 Å². The quantitative estimate of drug-likeness (QED) is 0.349. The average Bonchev–Trinajstić information content (AvgIpc) is 3.27. The largest absolute Gasteiger partial charge is 0.483 e. The van der Waals surface area contributed by atoms with Crippen molar-refractivity contribution in [2.24, 2.45) is 0 Å². The number of aromatic nitrogens is 2. The van der Waals surface area contributed by atoms with E-state index in [1.807, 2.05) is 22.9 Å². The highest BCUT2D eigenvalue weighted by atomic mass is 19.1. The number of hydrogen-bond donors (Lipinski definition) is 0. The molecule has 4 aromatic rings. The van der Waals surface area contributed by atoms with Gasteiger partial charge in [0, 0.05) is 23.1 Å². The minimum Gasteiger partial charge on any atom is -0.483 e. The molecule has 5 rings (SSSR count). The maximum Gasteiger partial charge on any atom is 0.193 e. The lowest BCUT2D eigenvalue weighted by Crippen LogP contribution is -2.18. The highest BCUT2D eigenvalue weighted by Gasteiger charge is 2.21. The van der Waals surface area contributed by atoms with E-state index in [2.05, 4.69) is 5.10 Å². The molecule has 3 aromatic carbocycles. The van der Waals surface area contributed by atoms with Gasteiger partial charge >= 0.3 is 0 Å². The number of hydrogen-bond acceptors (Lipinski definition) is 4. The van der Waals surface area contributed by atoms with Crippen LogP contribution in [-0.2, 0) is 11.3 Å². The lowest BCUT2D eigenvalue weighted by atomic mass is 10.0. The van der Waals surface area contributed by atoms with Crippen molar-refractivity contribution in [2.75, 3.05) is 6.61 Å². The number of nitrogens with zero attached hydrogens (tertiary/aromatic N) is 2. The number of ether oxygens (including phenoxy) is 2. The molecule has 0 N–H and O–H groups in total. The second kappa shape index (κ2) is 9.11. The normalized spacial score (nSPS) is 16.1. The van der Waals surface area contributed by atoms with Crippen LogP contribution in [0.15, 0.2) is 66.9 Å². The smallest absolute Gasteiger partial charge is 0.193 e. The number of halogens is 2. The average molecular weight is 448 g/mol. The van der Waals surface area contributed by atoms with Crippen LogP contribution in [0.5, 0.6) is 5.75 Å². The Bertz CT molecular complexity index is 1270. The third-order valence-electron chi connectivity index (χ3n) is 5.77. The second-order valence-corrected chi connectivity index (χ2v) is 8.06. The number of rotatable bonds is 6. The molecular formula is C26H22F2N2O3. The summed E-state index contributed by atoms with van der Waals surface area (Å²) in [5.74, 6) is -2.82. The van der Waals surface area contributed by atoms with Crippen LogP contribution < -0.4 is 4.74 Å². The maximum atomic E-state index is 14.6. The molecule has 1 unspecified atom stereocenters. The van der Waals surface area contributed by atoms with Gasteiger partial charge in [-0.05, 0) is 55.2 Å². The van der Waals surface area contributed by atoms with Gasteiger partial charge in [0.2, 0.25) is 0 Å². The van der Waals surface area contributed by atoms with Gasteiger partial charge in [-0.1, -0.05) is 30.3 Å². The molecule has 1 saturated heterocycles. The molecule has 7 heteroatoms. The van der Waals surface area contributed by atoms with E-state index in [0.29, 0.717) is 12.2 Å². The van der Waals surface area contributed by atoms with Crippen LogP contribution >= 0.6 is 0 Å². The SMILES string of the molecule is O=C(c1cc(F)c(OCc2ccccc2)c(F)c1)c1ccc2c(cnn2C2CCCCO2)c1. The van der Waals surface area contributed by atoms with E-state index in [0.717, 1.165) is 47.9 Å². The summed E-state index contributed by atoms with van der Waals surface area (Å²) in [6.45, 7) is 0.720. The third kappa shape index (κ3) is 4.36. The van der Waals surface area contributed by atoms with E-state index in [1.54, 1.807) is 36.5 Å². The first-order valence-corrected chi connectivity index (χ1v) is 10.9. The van der Waals surface area contributed by atoms with Gasteiger partial charge in [0.15, 0.2) is 29.4 Å². The highest BCUT2D eigenvalue weighted by Crippen LogP contribution is 2.29. The third-order valence-corrected chi connectivity index (χ3v) is 5.77. The summed E-state index contributed by atoms with van der Waals surface area (Å²) in [5, 5.41) is 5.18. The van der Waals surface area contributed by atoms with Crippen molar-refractivity contribution in [3.63, 3.8) is 0 Å². The molecular weight excluding hydrogens is 426 g/mol. The van der Waals surface area contributed by atoms with Crippen molar-refractivity contribution >= 4 is 16.7 Å². The van der Waals surface area contributed by atoms with Crippen LogP contribution in [0.4, 0.5) is 8.78 Å². The van der Waals surface area contributed by atoms with Crippen LogP contribution in [0.1, 0.15) is 47.0 Å². The molecule has 0 bridgehead atoms. The van der Waals surface area contributed by atoms with Gasteiger partial charge in [0.25, 0.3) is 0 Å². The number of carbonyl (C=O) groups is 1. The number of ketones is 1. The summed E-state index contributed by atoms with van der Waals surface area (Å²) < 4.78 is 42.2. The summed E-state index contributed by atoms with van der Waals surface area (Å²) in [7, 11) is 0. The van der Waals surface area contributed by atoms with Crippen molar-refractivity contribution in [1.29, 1.82) is 0 Å². The first-order valence-electron chi connectivity index (χ1n) is 10.9. The summed E-state index contributed by atoms with van der Waals surface area (Å²) in [6.07, 6.45) is 4.55. The predicted molar refractivity (Wildman–Crippen MR) is 119 cm³/mol. The summed E-state index contributed by atoms with van der Waals surface area (Å²) in [4.78, 5) is 13.0. The standard InChI is InChI=1S/C26H22F2N2O3/c27-21-13-19(14-22(28)26(21)33-16-17-6-2-1-3-7-17)25(31)18-9-10-23-20(12-18)15-29-30(23)24-8-4-5-11-32-24/h1-3,6-7,9-10,12-15,24H,4-5,8,11,16H2. The zero-order chi connectivity index (χ0) is 22.8. The van der Waals surface area contributed by atoms with Crippen molar-refractivity contribution in [3.8, 4) is 5.75 Å². The van der Waals surface area contributed by atoms with Gasteiger partial charge in [-0.25, -0.2) is 13.5 Å². The summed E-state index contributed by atoms with van der Waals surface area (Å²) >= 11 is 0. The zero-order valence-corrected chi connectivity index (χ0v) is 17.8. The van der Waals surface area contributed by atoms with Crippen LogP contribution in [0.3, 0.4) is 0 Å². The summed E-state index contributed by atoms with van der Waals surface area (Å²) in [5.41, 5.74) is 1.87. The van der Waals surface area contributed by atoms with E-state index < -0.39 is 23.2 Å². The zero-order valence-electron chi connectivity index (χ0n) is 17.8. The van der Waals surface area contributed by atoms with Crippen LogP contribution in [0.2, 0.25) is 0 Å². The Labute approximate surface area is 189 Å². The molecule has 0 radical (unpaired) electrons. The minimum absolute atomic E-state index is 0.0212. The monoisotopic (exact) mass is 448 g/mol. The predicted octanol–water partition coefficient (Wildman–Crippen LogP) is 5.82. The molecule has 0 aliphatic carbocycles. The molecule has 0 saturated carbocycles. The molecule has 1 aliphatic heterocycles. The molecule has 1 aromatic heterocycles. The molecule has 1 fully saturated rings. The van der Waals surface area contributed by atoms with Gasteiger partial charge in [-0.15, -0.1) is 0 Å². The maximum absolute atomic E-state index is 14.6. The lowest BCUT2D eigenvalue weighted by molar-refractivity contribution is -0.0366. The van der Waals surface area contributed by atoms with Gasteiger partial charge in [0.05, 0.1) is 11.7 Å². The molecule has 0 spiro atoms. The first kappa shape index (κ1) is 21.3. The van der Waals surface area contributed by atoms with E-state index in [4.69, 9.17) is 9.47 Å². The van der Waals surface area contributed by atoms with Crippen LogP contribution in [0, 0.1) is 11.6 Å². The lowest BCUT2D eigenvalue weighted by Gasteiger charge is -2.23. The molecule has 1 atom stereocenters. The van der Waals surface area contributed by atoms with E-state index in [-0.39, 0.29) is 18.4 Å². The fourth-order valence-electron chi connectivity index (χ4n) is 4.07. The minimum atomic E-state index is -0.919. The van der Waals surface area contributed by atoms with Gasteiger partial charge in [-0.3, -0.25) is 4.79 Å². The van der Waals surface area contributed by atoms with Gasteiger partial charge < -0.3 is 9.47 Å². The Hall–Kier alpha value is -3.58. The Kier molecular flexibility index (Phi) is 5.88. The van der Waals surface area contributed by atoms with Crippen LogP contribution in [0.25, 0.3) is 10.9 Å². The molecule has 1 aliphatic rings. The Balaban J connectivity index is 1.37. The number of benzene rings is 3. The second-order valence-electron chi connectivity index (χ2n) is 8.06. The van der Waals surface area contributed by atoms with E-state index in [9.17, 15) is 13.6 Å². The van der Waals surface area contributed by atoms with Gasteiger partial charge in [-0.2, -0.15) is 5.10 Å². The molecule has 2 heterocycles. The molecule has 168 valence electrons. The molecule has 5 nitrogen and oxygen atoms in total. The molecule has 0 amide bonds. The van der Waals surface area contributed by atoms with Crippen molar-refractivity contribution in [3.05, 3.63) is 95.2 Å². The number of carbonyl (C=O) groups excluding carboxylic acids is 1. The highest BCUT2D eigenvalue weighted by molar-refractivity contribution is 6.10. The van der Waals surface area contributed by atoms with Crippen molar-refractivity contribution in [1.82, 2.24) is 9.78 Å². The number of fused-ring (bicyclic) bond motifs is 1. The Morgan fingerprint density at radius 2 is 1.82 bits per heavy atom. The fraction of sp³-hybridized carbons (Fsp3) is 0.231. The van der Waals surface area contributed by atoms with Gasteiger partial charge in [0.1, 0.15) is 6.61 Å². The van der Waals surface area contributed by atoms with Crippen molar-refractivity contribution < 1.29 is 23.0 Å². The van der Waals surface area contributed by atoms with Crippen LogP contribution in [-0.4, -0.2) is 22.2 Å². The van der Waals surface area contributed by atoms with E-state index in [1.165, 1.54) is 0 Å². The molecule has 33 heavy (non-hydrogen) atoms. The van der Waals surface area contributed by atoms with E-state index >= 15 is 0 Å². The van der Waals surface area contributed by atoms with Crippen molar-refractivity contribution in [2.45, 2.75) is 32.1 Å². The summed E-state index contributed by atoms with van der Waals surface area (Å²) in [6, 6.07) is 16.2.